The monoisotopic (exact) mass is 456 g/mol. The van der Waals surface area contributed by atoms with E-state index in [1.807, 2.05) is 45.0 Å². The fourth-order valence-electron chi connectivity index (χ4n) is 3.84. The van der Waals surface area contributed by atoms with Crippen LogP contribution in [0.5, 0.6) is 0 Å². The van der Waals surface area contributed by atoms with Crippen molar-refractivity contribution in [2.75, 3.05) is 20.3 Å². The number of nitrogens with one attached hydrogen (secondary N) is 1. The first-order valence-corrected chi connectivity index (χ1v) is 11.1. The molecule has 2 aromatic rings. The van der Waals surface area contributed by atoms with Crippen molar-refractivity contribution in [3.05, 3.63) is 53.1 Å². The van der Waals surface area contributed by atoms with Gasteiger partial charge in [-0.25, -0.2) is 9.78 Å². The third-order valence-corrected chi connectivity index (χ3v) is 5.75. The van der Waals surface area contributed by atoms with Gasteiger partial charge in [-0.2, -0.15) is 0 Å². The lowest BCUT2D eigenvalue weighted by atomic mass is 9.93. The van der Waals surface area contributed by atoms with Gasteiger partial charge in [0, 0.05) is 19.7 Å². The molecule has 3 rings (SSSR count). The molecule has 178 valence electrons. The summed E-state index contributed by atoms with van der Waals surface area (Å²) < 4.78 is 11.9. The number of esters is 1. The molecule has 0 saturated heterocycles. The Morgan fingerprint density at radius 1 is 1.24 bits per heavy atom. The zero-order valence-electron chi connectivity index (χ0n) is 19.9. The molecular formula is C24H32N4O5. The fourth-order valence-corrected chi connectivity index (χ4v) is 3.84. The van der Waals surface area contributed by atoms with Crippen LogP contribution in [0.4, 0.5) is 0 Å². The van der Waals surface area contributed by atoms with Crippen molar-refractivity contribution in [1.82, 2.24) is 19.8 Å². The van der Waals surface area contributed by atoms with Gasteiger partial charge in [-0.3, -0.25) is 9.59 Å². The predicted octanol–water partition coefficient (Wildman–Crippen LogP) is 2.32. The lowest BCUT2D eigenvalue weighted by Crippen LogP contribution is -2.63. The van der Waals surface area contributed by atoms with Gasteiger partial charge in [0.1, 0.15) is 11.2 Å². The minimum absolute atomic E-state index is 0.0512. The zero-order chi connectivity index (χ0) is 24.2. The molecule has 1 aliphatic heterocycles. The van der Waals surface area contributed by atoms with Gasteiger partial charge in [0.15, 0.2) is 5.69 Å². The summed E-state index contributed by atoms with van der Waals surface area (Å²) >= 11 is 0. The van der Waals surface area contributed by atoms with Gasteiger partial charge in [0.2, 0.25) is 5.91 Å². The number of hydrogen-bond donors (Lipinski definition) is 1. The summed E-state index contributed by atoms with van der Waals surface area (Å²) in [5.74, 6) is -1.41. The summed E-state index contributed by atoms with van der Waals surface area (Å²) in [6.45, 7) is 8.98. The molecule has 2 amide bonds. The highest BCUT2D eigenvalue weighted by molar-refractivity contribution is 6.06. The first-order valence-electron chi connectivity index (χ1n) is 11.1. The second-order valence-electron chi connectivity index (χ2n) is 8.74. The van der Waals surface area contributed by atoms with Crippen LogP contribution in [-0.2, 0) is 27.4 Å². The largest absolute Gasteiger partial charge is 0.464 e. The Hall–Kier alpha value is -3.20. The van der Waals surface area contributed by atoms with Crippen LogP contribution in [-0.4, -0.2) is 64.1 Å². The summed E-state index contributed by atoms with van der Waals surface area (Å²) in [6.07, 6.45) is 2.20. The standard InChI is InChI=1S/C24H32N4O5/c1-16(2)33-12-6-11-25-23(31)24(4)14-27-15-26-19(22(30)32-5)20(27)21(29)28(24)13-18-9-7-17(3)8-10-18/h7-10,15-16H,6,11-14H2,1-5H3,(H,25,31). The van der Waals surface area contributed by atoms with Gasteiger partial charge < -0.3 is 24.3 Å². The topological polar surface area (TPSA) is 103 Å². The van der Waals surface area contributed by atoms with Gasteiger partial charge in [-0.05, 0) is 39.7 Å². The van der Waals surface area contributed by atoms with Gasteiger partial charge in [0.25, 0.3) is 5.91 Å². The zero-order valence-corrected chi connectivity index (χ0v) is 19.9. The lowest BCUT2D eigenvalue weighted by molar-refractivity contribution is -0.133. The molecule has 0 aliphatic carbocycles. The third kappa shape index (κ3) is 5.24. The summed E-state index contributed by atoms with van der Waals surface area (Å²) in [5.41, 5.74) is 0.876. The number of amides is 2. The normalized spacial score (nSPS) is 17.8. The number of carbonyl (C=O) groups is 3. The van der Waals surface area contributed by atoms with Crippen molar-refractivity contribution in [3.8, 4) is 0 Å². The SMILES string of the molecule is COC(=O)c1ncn2c1C(=O)N(Cc1ccc(C)cc1)C(C)(C(=O)NCCCOC(C)C)C2. The average molecular weight is 457 g/mol. The number of benzene rings is 1. The molecule has 0 fully saturated rings. The first kappa shape index (κ1) is 24.4. The van der Waals surface area contributed by atoms with Crippen molar-refractivity contribution in [3.63, 3.8) is 0 Å². The number of aryl methyl sites for hydroxylation is 1. The van der Waals surface area contributed by atoms with Gasteiger partial charge in [-0.15, -0.1) is 0 Å². The van der Waals surface area contributed by atoms with Crippen LogP contribution < -0.4 is 5.32 Å². The summed E-state index contributed by atoms with van der Waals surface area (Å²) in [7, 11) is 1.24. The molecule has 9 nitrogen and oxygen atoms in total. The van der Waals surface area contributed by atoms with E-state index in [1.165, 1.54) is 18.3 Å². The molecule has 1 atom stereocenters. The number of aromatic nitrogens is 2. The number of fused-ring (bicyclic) bond motifs is 1. The van der Waals surface area contributed by atoms with Crippen LogP contribution in [0.15, 0.2) is 30.6 Å². The fraction of sp³-hybridized carbons (Fsp3) is 0.500. The first-order chi connectivity index (χ1) is 15.7. The Kier molecular flexibility index (Phi) is 7.53. The number of imidazole rings is 1. The molecular weight excluding hydrogens is 424 g/mol. The molecule has 1 aromatic carbocycles. The summed E-state index contributed by atoms with van der Waals surface area (Å²) in [4.78, 5) is 44.8. The Bertz CT molecular complexity index is 1010. The van der Waals surface area contributed by atoms with Crippen LogP contribution in [0.25, 0.3) is 0 Å². The Morgan fingerprint density at radius 3 is 2.58 bits per heavy atom. The molecule has 2 heterocycles. The van der Waals surface area contributed by atoms with Gasteiger partial charge in [-0.1, -0.05) is 29.8 Å². The molecule has 1 unspecified atom stereocenters. The van der Waals surface area contributed by atoms with Crippen molar-refractivity contribution in [2.24, 2.45) is 0 Å². The maximum Gasteiger partial charge on any atom is 0.359 e. The number of nitrogens with zero attached hydrogens (tertiary/aromatic N) is 3. The Labute approximate surface area is 194 Å². The van der Waals surface area contributed by atoms with E-state index in [9.17, 15) is 14.4 Å². The van der Waals surface area contributed by atoms with E-state index in [1.54, 1.807) is 11.5 Å². The number of rotatable bonds is 9. The third-order valence-electron chi connectivity index (χ3n) is 5.75. The highest BCUT2D eigenvalue weighted by atomic mass is 16.5. The number of carbonyl (C=O) groups excluding carboxylic acids is 3. The van der Waals surface area contributed by atoms with E-state index >= 15 is 0 Å². The highest BCUT2D eigenvalue weighted by Crippen LogP contribution is 2.30. The van der Waals surface area contributed by atoms with E-state index in [0.29, 0.717) is 19.6 Å². The second-order valence-corrected chi connectivity index (χ2v) is 8.74. The van der Waals surface area contributed by atoms with Crippen molar-refractivity contribution < 1.29 is 23.9 Å². The minimum atomic E-state index is -1.18. The molecule has 1 aliphatic rings. The van der Waals surface area contributed by atoms with Crippen LogP contribution in [0.3, 0.4) is 0 Å². The summed E-state index contributed by atoms with van der Waals surface area (Å²) in [5, 5.41) is 2.95. The van der Waals surface area contributed by atoms with Crippen molar-refractivity contribution in [1.29, 1.82) is 0 Å². The summed E-state index contributed by atoms with van der Waals surface area (Å²) in [6, 6.07) is 7.77. The highest BCUT2D eigenvalue weighted by Gasteiger charge is 2.48. The van der Waals surface area contributed by atoms with Gasteiger partial charge in [0.05, 0.1) is 26.1 Å². The van der Waals surface area contributed by atoms with Crippen LogP contribution in [0.1, 0.15) is 59.3 Å². The molecule has 0 saturated carbocycles. The molecule has 9 heteroatoms. The number of methoxy groups -OCH3 is 1. The minimum Gasteiger partial charge on any atom is -0.464 e. The maximum atomic E-state index is 13.6. The van der Waals surface area contributed by atoms with Crippen LogP contribution >= 0.6 is 0 Å². The molecule has 1 N–H and O–H groups in total. The molecule has 0 radical (unpaired) electrons. The smallest absolute Gasteiger partial charge is 0.359 e. The lowest BCUT2D eigenvalue weighted by Gasteiger charge is -2.43. The second kappa shape index (κ2) is 10.2. The van der Waals surface area contributed by atoms with E-state index < -0.39 is 17.4 Å². The van der Waals surface area contributed by atoms with Crippen LogP contribution in [0, 0.1) is 6.92 Å². The van der Waals surface area contributed by atoms with E-state index in [2.05, 4.69) is 10.3 Å². The van der Waals surface area contributed by atoms with Gasteiger partial charge >= 0.3 is 5.97 Å². The number of ether oxygens (including phenoxy) is 2. The van der Waals surface area contributed by atoms with E-state index in [-0.39, 0.29) is 36.5 Å². The predicted molar refractivity (Wildman–Crippen MR) is 122 cm³/mol. The Morgan fingerprint density at radius 2 is 1.94 bits per heavy atom. The molecule has 0 spiro atoms. The Balaban J connectivity index is 1.89. The molecule has 1 aromatic heterocycles. The van der Waals surface area contributed by atoms with Crippen molar-refractivity contribution >= 4 is 17.8 Å². The van der Waals surface area contributed by atoms with E-state index in [4.69, 9.17) is 9.47 Å². The quantitative estimate of drug-likeness (QED) is 0.459. The number of hydrogen-bond acceptors (Lipinski definition) is 6. The maximum absolute atomic E-state index is 13.6. The molecule has 0 bridgehead atoms. The average Bonchev–Trinajstić information content (AvgIpc) is 3.20. The molecule has 33 heavy (non-hydrogen) atoms. The van der Waals surface area contributed by atoms with E-state index in [0.717, 1.165) is 11.1 Å². The van der Waals surface area contributed by atoms with Crippen molar-refractivity contribution in [2.45, 2.75) is 58.8 Å². The van der Waals surface area contributed by atoms with Crippen LogP contribution in [0.2, 0.25) is 0 Å².